The zero-order valence-electron chi connectivity index (χ0n) is 11.5. The fourth-order valence-corrected chi connectivity index (χ4v) is 3.74. The van der Waals surface area contributed by atoms with Crippen LogP contribution >= 0.6 is 11.3 Å². The Labute approximate surface area is 117 Å². The predicted molar refractivity (Wildman–Crippen MR) is 74.7 cm³/mol. The molecule has 1 saturated heterocycles. The van der Waals surface area contributed by atoms with Gasteiger partial charge in [0.25, 0.3) is 5.91 Å². The van der Waals surface area contributed by atoms with Crippen LogP contribution in [0.15, 0.2) is 6.07 Å². The summed E-state index contributed by atoms with van der Waals surface area (Å²) in [6, 6.07) is 1.23. The van der Waals surface area contributed by atoms with E-state index in [4.69, 9.17) is 0 Å². The molecule has 2 rings (SSSR count). The highest BCUT2D eigenvalue weighted by Crippen LogP contribution is 2.29. The first kappa shape index (κ1) is 14.1. The Bertz CT molecular complexity index is 509. The standard InChI is InChI=1S/C14H19NO3S/c1-4-10-7-11(19-9(10)3)13(16)15-6-5-8(2)12(15)14(17)18/h7-8,12H,4-6H2,1-3H3,(H,17,18). The summed E-state index contributed by atoms with van der Waals surface area (Å²) in [7, 11) is 0. The summed E-state index contributed by atoms with van der Waals surface area (Å²) in [6.45, 7) is 6.49. The van der Waals surface area contributed by atoms with E-state index in [1.165, 1.54) is 21.8 Å². The number of likely N-dealkylation sites (tertiary alicyclic amines) is 1. The van der Waals surface area contributed by atoms with Crippen molar-refractivity contribution in [2.45, 2.75) is 39.7 Å². The van der Waals surface area contributed by atoms with E-state index in [1.54, 1.807) is 0 Å². The van der Waals surface area contributed by atoms with Gasteiger partial charge in [-0.2, -0.15) is 0 Å². The zero-order chi connectivity index (χ0) is 14.2. The van der Waals surface area contributed by atoms with Crippen molar-refractivity contribution in [2.24, 2.45) is 5.92 Å². The summed E-state index contributed by atoms with van der Waals surface area (Å²) >= 11 is 1.46. The Morgan fingerprint density at radius 3 is 2.74 bits per heavy atom. The van der Waals surface area contributed by atoms with E-state index in [2.05, 4.69) is 6.92 Å². The van der Waals surface area contributed by atoms with Crippen LogP contribution in [0.1, 0.15) is 40.4 Å². The number of hydrogen-bond acceptors (Lipinski definition) is 3. The molecule has 0 aromatic carbocycles. The van der Waals surface area contributed by atoms with Gasteiger partial charge in [-0.15, -0.1) is 11.3 Å². The van der Waals surface area contributed by atoms with Gasteiger partial charge in [-0.3, -0.25) is 4.79 Å². The fraction of sp³-hybridized carbons (Fsp3) is 0.571. The van der Waals surface area contributed by atoms with Crippen molar-refractivity contribution in [3.8, 4) is 0 Å². The lowest BCUT2D eigenvalue weighted by molar-refractivity contribution is -0.142. The Morgan fingerprint density at radius 1 is 1.53 bits per heavy atom. The van der Waals surface area contributed by atoms with Crippen molar-refractivity contribution < 1.29 is 14.7 Å². The van der Waals surface area contributed by atoms with Crippen LogP contribution in [0, 0.1) is 12.8 Å². The van der Waals surface area contributed by atoms with Crippen LogP contribution in [0.5, 0.6) is 0 Å². The molecule has 4 nitrogen and oxygen atoms in total. The highest BCUT2D eigenvalue weighted by molar-refractivity contribution is 7.14. The number of amides is 1. The number of carboxylic acid groups (broad SMARTS) is 1. The average Bonchev–Trinajstić information content (AvgIpc) is 2.91. The molecule has 2 atom stereocenters. The predicted octanol–water partition coefficient (Wildman–Crippen LogP) is 2.55. The van der Waals surface area contributed by atoms with Crippen LogP contribution in [0.4, 0.5) is 0 Å². The topological polar surface area (TPSA) is 57.6 Å². The highest BCUT2D eigenvalue weighted by Gasteiger charge is 2.40. The van der Waals surface area contributed by atoms with Crippen molar-refractivity contribution in [1.29, 1.82) is 0 Å². The van der Waals surface area contributed by atoms with Gasteiger partial charge in [0.15, 0.2) is 0 Å². The molecular weight excluding hydrogens is 262 g/mol. The van der Waals surface area contributed by atoms with Crippen LogP contribution in [0.25, 0.3) is 0 Å². The number of rotatable bonds is 3. The van der Waals surface area contributed by atoms with Gasteiger partial charge >= 0.3 is 5.97 Å². The van der Waals surface area contributed by atoms with Gasteiger partial charge in [0.2, 0.25) is 0 Å². The van der Waals surface area contributed by atoms with Crippen molar-refractivity contribution in [2.75, 3.05) is 6.54 Å². The van der Waals surface area contributed by atoms with Gasteiger partial charge in [0, 0.05) is 11.4 Å². The lowest BCUT2D eigenvalue weighted by atomic mass is 10.0. The molecule has 104 valence electrons. The van der Waals surface area contributed by atoms with E-state index in [0.29, 0.717) is 11.4 Å². The molecule has 0 spiro atoms. The second-order valence-electron chi connectivity index (χ2n) is 5.09. The minimum absolute atomic E-state index is 0.0214. The molecule has 1 aromatic rings. The number of carbonyl (C=O) groups is 2. The third-order valence-corrected chi connectivity index (χ3v) is 4.91. The first-order valence-corrected chi connectivity index (χ1v) is 7.40. The van der Waals surface area contributed by atoms with Gasteiger partial charge in [-0.1, -0.05) is 13.8 Å². The molecule has 0 saturated carbocycles. The highest BCUT2D eigenvalue weighted by atomic mass is 32.1. The third kappa shape index (κ3) is 2.52. The van der Waals surface area contributed by atoms with E-state index in [-0.39, 0.29) is 11.8 Å². The van der Waals surface area contributed by atoms with Crippen molar-refractivity contribution in [1.82, 2.24) is 4.90 Å². The number of aliphatic carboxylic acids is 1. The van der Waals surface area contributed by atoms with Crippen LogP contribution in [0.2, 0.25) is 0 Å². The molecule has 1 aliphatic rings. The Balaban J connectivity index is 2.25. The summed E-state index contributed by atoms with van der Waals surface area (Å²) in [5, 5.41) is 9.27. The molecule has 1 aliphatic heterocycles. The third-order valence-electron chi connectivity index (χ3n) is 3.83. The largest absolute Gasteiger partial charge is 0.480 e. The minimum Gasteiger partial charge on any atom is -0.480 e. The lowest BCUT2D eigenvalue weighted by Crippen LogP contribution is -2.42. The molecule has 5 heteroatoms. The number of carboxylic acids is 1. The number of aryl methyl sites for hydroxylation is 2. The second kappa shape index (κ2) is 5.33. The lowest BCUT2D eigenvalue weighted by Gasteiger charge is -2.22. The van der Waals surface area contributed by atoms with Gasteiger partial charge < -0.3 is 10.0 Å². The SMILES string of the molecule is CCc1cc(C(=O)N2CCC(C)C2C(=O)O)sc1C. The van der Waals surface area contributed by atoms with E-state index < -0.39 is 12.0 Å². The number of hydrogen-bond donors (Lipinski definition) is 1. The maximum Gasteiger partial charge on any atom is 0.326 e. The fourth-order valence-electron chi connectivity index (χ4n) is 2.67. The van der Waals surface area contributed by atoms with Crippen LogP contribution in [-0.4, -0.2) is 34.5 Å². The first-order valence-electron chi connectivity index (χ1n) is 6.58. The maximum atomic E-state index is 12.5. The summed E-state index contributed by atoms with van der Waals surface area (Å²) < 4.78 is 0. The molecule has 1 amide bonds. The van der Waals surface area contributed by atoms with Gasteiger partial charge in [-0.25, -0.2) is 4.79 Å². The second-order valence-corrected chi connectivity index (χ2v) is 6.35. The molecule has 2 heterocycles. The minimum atomic E-state index is -0.901. The van der Waals surface area contributed by atoms with Crippen LogP contribution in [-0.2, 0) is 11.2 Å². The van der Waals surface area contributed by atoms with Crippen molar-refractivity contribution in [3.05, 3.63) is 21.4 Å². The molecule has 0 aliphatic carbocycles. The van der Waals surface area contributed by atoms with Crippen molar-refractivity contribution in [3.63, 3.8) is 0 Å². The smallest absolute Gasteiger partial charge is 0.326 e. The Kier molecular flexibility index (Phi) is 3.94. The normalized spacial score (nSPS) is 22.8. The van der Waals surface area contributed by atoms with E-state index in [9.17, 15) is 14.7 Å². The molecule has 0 radical (unpaired) electrons. The van der Waals surface area contributed by atoms with E-state index in [1.807, 2.05) is 19.9 Å². The summed E-state index contributed by atoms with van der Waals surface area (Å²) in [4.78, 5) is 27.1. The molecule has 1 N–H and O–H groups in total. The molecule has 19 heavy (non-hydrogen) atoms. The maximum absolute atomic E-state index is 12.5. The van der Waals surface area contributed by atoms with E-state index in [0.717, 1.165) is 17.7 Å². The summed E-state index contributed by atoms with van der Waals surface area (Å²) in [5.74, 6) is -1.01. The van der Waals surface area contributed by atoms with Gasteiger partial charge in [0.1, 0.15) is 6.04 Å². The Morgan fingerprint density at radius 2 is 2.21 bits per heavy atom. The molecule has 2 unspecified atom stereocenters. The zero-order valence-corrected chi connectivity index (χ0v) is 12.3. The number of thiophene rings is 1. The Hall–Kier alpha value is -1.36. The van der Waals surface area contributed by atoms with Gasteiger partial charge in [0.05, 0.1) is 4.88 Å². The monoisotopic (exact) mass is 281 g/mol. The first-order chi connectivity index (χ1) is 8.95. The molecule has 0 bridgehead atoms. The van der Waals surface area contributed by atoms with Crippen molar-refractivity contribution >= 4 is 23.2 Å². The van der Waals surface area contributed by atoms with Crippen LogP contribution < -0.4 is 0 Å². The summed E-state index contributed by atoms with van der Waals surface area (Å²) in [5.41, 5.74) is 1.17. The van der Waals surface area contributed by atoms with Crippen LogP contribution in [0.3, 0.4) is 0 Å². The quantitative estimate of drug-likeness (QED) is 0.926. The molecular formula is C14H19NO3S. The van der Waals surface area contributed by atoms with Gasteiger partial charge in [-0.05, 0) is 37.3 Å². The van der Waals surface area contributed by atoms with E-state index >= 15 is 0 Å². The molecule has 1 fully saturated rings. The molecule has 1 aromatic heterocycles. The average molecular weight is 281 g/mol. The summed E-state index contributed by atoms with van der Waals surface area (Å²) in [6.07, 6.45) is 1.65. The number of carbonyl (C=O) groups excluding carboxylic acids is 1. The number of nitrogens with zero attached hydrogens (tertiary/aromatic N) is 1.